The molecule has 1 amide bonds. The molecule has 164 valence electrons. The lowest BCUT2D eigenvalue weighted by atomic mass is 9.81. The first-order valence-corrected chi connectivity index (χ1v) is 11.2. The number of hydrogen-bond donors (Lipinski definition) is 2. The molecule has 0 spiro atoms. The van der Waals surface area contributed by atoms with E-state index in [0.29, 0.717) is 17.3 Å². The fourth-order valence-corrected chi connectivity index (χ4v) is 4.18. The van der Waals surface area contributed by atoms with Crippen molar-refractivity contribution in [3.05, 3.63) is 34.8 Å². The second kappa shape index (κ2) is 8.19. The SMILES string of the molecule is CC(C)(C)Oc1cc2c(cc1OC(C)(C)C)C(C)(CC(=O)Nc1nccs1)NCC2. The van der Waals surface area contributed by atoms with Gasteiger partial charge in [0.05, 0.1) is 0 Å². The van der Waals surface area contributed by atoms with Gasteiger partial charge < -0.3 is 20.1 Å². The van der Waals surface area contributed by atoms with Crippen LogP contribution in [0.2, 0.25) is 0 Å². The van der Waals surface area contributed by atoms with Crippen molar-refractivity contribution in [1.29, 1.82) is 0 Å². The van der Waals surface area contributed by atoms with Crippen molar-refractivity contribution in [3.63, 3.8) is 0 Å². The van der Waals surface area contributed by atoms with Gasteiger partial charge in [-0.1, -0.05) is 0 Å². The number of benzene rings is 1. The summed E-state index contributed by atoms with van der Waals surface area (Å²) in [6.07, 6.45) is 2.85. The van der Waals surface area contributed by atoms with Crippen LogP contribution in [0.4, 0.5) is 5.13 Å². The number of carbonyl (C=O) groups is 1. The minimum absolute atomic E-state index is 0.0684. The number of rotatable bonds is 5. The largest absolute Gasteiger partial charge is 0.484 e. The van der Waals surface area contributed by atoms with Gasteiger partial charge in [-0.3, -0.25) is 4.79 Å². The first kappa shape index (κ1) is 22.6. The fourth-order valence-electron chi connectivity index (χ4n) is 3.64. The molecule has 0 aliphatic carbocycles. The van der Waals surface area contributed by atoms with Crippen molar-refractivity contribution >= 4 is 22.4 Å². The quantitative estimate of drug-likeness (QED) is 0.705. The van der Waals surface area contributed by atoms with Crippen LogP contribution >= 0.6 is 11.3 Å². The van der Waals surface area contributed by atoms with E-state index < -0.39 is 5.54 Å². The highest BCUT2D eigenvalue weighted by molar-refractivity contribution is 7.13. The van der Waals surface area contributed by atoms with E-state index in [1.165, 1.54) is 16.9 Å². The molecular formula is C23H33N3O3S. The van der Waals surface area contributed by atoms with Gasteiger partial charge in [0.1, 0.15) is 11.2 Å². The molecule has 3 rings (SSSR count). The molecule has 0 bridgehead atoms. The van der Waals surface area contributed by atoms with Crippen LogP contribution in [0.15, 0.2) is 23.7 Å². The van der Waals surface area contributed by atoms with Crippen molar-refractivity contribution in [1.82, 2.24) is 10.3 Å². The van der Waals surface area contributed by atoms with Gasteiger partial charge in [0.15, 0.2) is 16.6 Å². The molecule has 1 unspecified atom stereocenters. The molecule has 1 aromatic carbocycles. The Balaban J connectivity index is 1.95. The molecule has 0 saturated heterocycles. The normalized spacial score (nSPS) is 19.2. The maximum atomic E-state index is 12.7. The Hall–Kier alpha value is -2.12. The topological polar surface area (TPSA) is 72.5 Å². The van der Waals surface area contributed by atoms with Crippen molar-refractivity contribution in [2.45, 2.75) is 78.0 Å². The van der Waals surface area contributed by atoms with Crippen LogP contribution in [-0.4, -0.2) is 28.6 Å². The molecule has 1 aromatic heterocycles. The van der Waals surface area contributed by atoms with Crippen molar-refractivity contribution in [2.24, 2.45) is 0 Å². The number of amides is 1. The number of hydrogen-bond acceptors (Lipinski definition) is 6. The minimum atomic E-state index is -0.509. The molecule has 1 aliphatic heterocycles. The monoisotopic (exact) mass is 431 g/mol. The Morgan fingerprint density at radius 3 is 2.37 bits per heavy atom. The molecule has 6 nitrogen and oxygen atoms in total. The average molecular weight is 432 g/mol. The van der Waals surface area contributed by atoms with Gasteiger partial charge in [-0.15, -0.1) is 11.3 Å². The summed E-state index contributed by atoms with van der Waals surface area (Å²) in [5.74, 6) is 1.38. The van der Waals surface area contributed by atoms with Crippen LogP contribution in [-0.2, 0) is 16.8 Å². The zero-order valence-electron chi connectivity index (χ0n) is 19.0. The molecule has 0 fully saturated rings. The fraction of sp³-hybridized carbons (Fsp3) is 0.565. The lowest BCUT2D eigenvalue weighted by Crippen LogP contribution is -2.47. The maximum absolute atomic E-state index is 12.7. The summed E-state index contributed by atoms with van der Waals surface area (Å²) < 4.78 is 12.5. The molecular weight excluding hydrogens is 398 g/mol. The molecule has 0 saturated carbocycles. The van der Waals surface area contributed by atoms with E-state index in [1.54, 1.807) is 6.20 Å². The number of ether oxygens (including phenoxy) is 2. The Bertz CT molecular complexity index is 898. The molecule has 0 radical (unpaired) electrons. The number of carbonyl (C=O) groups excluding carboxylic acids is 1. The molecule has 2 aromatic rings. The molecule has 30 heavy (non-hydrogen) atoms. The molecule has 1 aliphatic rings. The van der Waals surface area contributed by atoms with Crippen LogP contribution in [0.25, 0.3) is 0 Å². The van der Waals surface area contributed by atoms with Gasteiger partial charge in [-0.25, -0.2) is 4.98 Å². The molecule has 1 atom stereocenters. The van der Waals surface area contributed by atoms with Gasteiger partial charge >= 0.3 is 0 Å². The predicted molar refractivity (Wildman–Crippen MR) is 122 cm³/mol. The summed E-state index contributed by atoms with van der Waals surface area (Å²) in [7, 11) is 0. The van der Waals surface area contributed by atoms with Gasteiger partial charge in [0, 0.05) is 30.1 Å². The second-order valence-electron chi connectivity index (χ2n) is 9.96. The second-order valence-corrected chi connectivity index (χ2v) is 10.9. The highest BCUT2D eigenvalue weighted by Gasteiger charge is 2.36. The van der Waals surface area contributed by atoms with E-state index in [9.17, 15) is 4.79 Å². The lowest BCUT2D eigenvalue weighted by molar-refractivity contribution is -0.117. The zero-order valence-corrected chi connectivity index (χ0v) is 19.8. The van der Waals surface area contributed by atoms with Crippen LogP contribution < -0.4 is 20.1 Å². The smallest absolute Gasteiger partial charge is 0.228 e. The third-order valence-electron chi connectivity index (χ3n) is 4.70. The van der Waals surface area contributed by atoms with Crippen LogP contribution in [0.3, 0.4) is 0 Å². The van der Waals surface area contributed by atoms with Crippen molar-refractivity contribution in [3.8, 4) is 11.5 Å². The first-order valence-electron chi connectivity index (χ1n) is 10.3. The number of nitrogens with zero attached hydrogens (tertiary/aromatic N) is 1. The Morgan fingerprint density at radius 2 is 1.80 bits per heavy atom. The highest BCUT2D eigenvalue weighted by atomic mass is 32.1. The summed E-state index contributed by atoms with van der Waals surface area (Å²) in [5.41, 5.74) is 1.03. The Labute approximate surface area is 183 Å². The number of thiazole rings is 1. The van der Waals surface area contributed by atoms with Gasteiger partial charge in [0.25, 0.3) is 0 Å². The van der Waals surface area contributed by atoms with Gasteiger partial charge in [-0.05, 0) is 78.1 Å². The van der Waals surface area contributed by atoms with E-state index >= 15 is 0 Å². The summed E-state index contributed by atoms with van der Waals surface area (Å²) in [6.45, 7) is 15.0. The van der Waals surface area contributed by atoms with E-state index in [1.807, 2.05) is 53.0 Å². The molecule has 2 N–H and O–H groups in total. The Morgan fingerprint density at radius 1 is 1.17 bits per heavy atom. The third kappa shape index (κ3) is 5.73. The van der Waals surface area contributed by atoms with Crippen molar-refractivity contribution in [2.75, 3.05) is 11.9 Å². The summed E-state index contributed by atoms with van der Waals surface area (Å²) in [4.78, 5) is 16.9. The van der Waals surface area contributed by atoms with E-state index in [2.05, 4.69) is 28.6 Å². The highest BCUT2D eigenvalue weighted by Crippen LogP contribution is 2.41. The number of nitrogens with one attached hydrogen (secondary N) is 2. The van der Waals surface area contributed by atoms with Gasteiger partial charge in [-0.2, -0.15) is 0 Å². The van der Waals surface area contributed by atoms with E-state index in [-0.39, 0.29) is 17.1 Å². The summed E-state index contributed by atoms with van der Waals surface area (Å²) >= 11 is 1.41. The summed E-state index contributed by atoms with van der Waals surface area (Å²) in [5, 5.41) is 8.90. The van der Waals surface area contributed by atoms with Crippen LogP contribution in [0.1, 0.15) is 66.0 Å². The number of fused-ring (bicyclic) bond motifs is 1. The number of aromatic nitrogens is 1. The van der Waals surface area contributed by atoms with Crippen LogP contribution in [0, 0.1) is 0 Å². The van der Waals surface area contributed by atoms with E-state index in [0.717, 1.165) is 24.3 Å². The standard InChI is InChI=1S/C23H33N3O3S/c1-21(2,3)28-17-12-15-8-9-25-23(7,14-19(27)26-20-24-10-11-30-20)16(15)13-18(17)29-22(4,5)6/h10-13,25H,8-9,14H2,1-7H3,(H,24,26,27). The number of anilines is 1. The lowest BCUT2D eigenvalue weighted by Gasteiger charge is -2.38. The Kier molecular flexibility index (Phi) is 6.16. The van der Waals surface area contributed by atoms with Gasteiger partial charge in [0.2, 0.25) is 5.91 Å². The van der Waals surface area contributed by atoms with Crippen molar-refractivity contribution < 1.29 is 14.3 Å². The predicted octanol–water partition coefficient (Wildman–Crippen LogP) is 4.89. The molecule has 7 heteroatoms. The molecule has 2 heterocycles. The summed E-state index contributed by atoms with van der Waals surface area (Å²) in [6, 6.07) is 4.13. The average Bonchev–Trinajstić information content (AvgIpc) is 3.06. The maximum Gasteiger partial charge on any atom is 0.228 e. The van der Waals surface area contributed by atoms with E-state index in [4.69, 9.17) is 9.47 Å². The van der Waals surface area contributed by atoms with Crippen LogP contribution in [0.5, 0.6) is 11.5 Å². The first-order chi connectivity index (χ1) is 13.8. The third-order valence-corrected chi connectivity index (χ3v) is 5.39. The minimum Gasteiger partial charge on any atom is -0.484 e. The zero-order chi connectivity index (χ0) is 22.2.